The van der Waals surface area contributed by atoms with Gasteiger partial charge in [-0.05, 0) is 26.0 Å². The number of halogens is 3. The predicted octanol–water partition coefficient (Wildman–Crippen LogP) is 2.24. The van der Waals surface area contributed by atoms with Crippen molar-refractivity contribution >= 4 is 11.8 Å². The van der Waals surface area contributed by atoms with Gasteiger partial charge in [0.1, 0.15) is 17.9 Å². The van der Waals surface area contributed by atoms with E-state index < -0.39 is 17.8 Å². The standard InChI is InChI=1S/C13H13F3N4O3/c1-7-5-10(13(14,15)16)18-20(7)6-11(17)19-23-12(21)9-3-4-22-8(9)2/h3-5H,6H2,1-2H3,(H2,17,19). The van der Waals surface area contributed by atoms with Crippen LogP contribution in [0.25, 0.3) is 0 Å². The number of oxime groups is 1. The van der Waals surface area contributed by atoms with E-state index in [9.17, 15) is 18.0 Å². The predicted molar refractivity (Wildman–Crippen MR) is 72.4 cm³/mol. The smallest absolute Gasteiger partial charge is 0.435 e. The summed E-state index contributed by atoms with van der Waals surface area (Å²) in [5, 5.41) is 6.78. The number of nitrogens with two attached hydrogens (primary N) is 1. The number of carbonyl (C=O) groups is 1. The second-order valence-electron chi connectivity index (χ2n) is 4.68. The van der Waals surface area contributed by atoms with Crippen molar-refractivity contribution < 1.29 is 27.2 Å². The van der Waals surface area contributed by atoms with Crippen LogP contribution in [0.5, 0.6) is 0 Å². The van der Waals surface area contributed by atoms with E-state index in [0.717, 1.165) is 10.7 Å². The molecule has 0 bridgehead atoms. The number of aryl methyl sites for hydroxylation is 2. The van der Waals surface area contributed by atoms with E-state index in [-0.39, 0.29) is 23.6 Å². The molecule has 0 fully saturated rings. The summed E-state index contributed by atoms with van der Waals surface area (Å²) in [4.78, 5) is 16.3. The average molecular weight is 330 g/mol. The van der Waals surface area contributed by atoms with Crippen LogP contribution in [0, 0.1) is 13.8 Å². The fourth-order valence-corrected chi connectivity index (χ4v) is 1.74. The third kappa shape index (κ3) is 3.90. The second kappa shape index (κ2) is 6.15. The first-order valence-corrected chi connectivity index (χ1v) is 6.38. The SMILES string of the molecule is Cc1occc1C(=O)O/N=C(\N)Cn1nc(C(F)(F)F)cc1C. The van der Waals surface area contributed by atoms with Crippen LogP contribution in [0.3, 0.4) is 0 Å². The molecule has 0 spiro atoms. The number of amidine groups is 1. The van der Waals surface area contributed by atoms with Crippen molar-refractivity contribution in [3.8, 4) is 0 Å². The van der Waals surface area contributed by atoms with Gasteiger partial charge in [0, 0.05) is 5.69 Å². The Balaban J connectivity index is 2.04. The summed E-state index contributed by atoms with van der Waals surface area (Å²) >= 11 is 0. The van der Waals surface area contributed by atoms with Gasteiger partial charge in [-0.15, -0.1) is 0 Å². The molecule has 2 rings (SSSR count). The lowest BCUT2D eigenvalue weighted by Gasteiger charge is -2.04. The van der Waals surface area contributed by atoms with Crippen molar-refractivity contribution in [2.24, 2.45) is 10.9 Å². The molecule has 0 amide bonds. The quantitative estimate of drug-likeness (QED) is 0.401. The number of hydrogen-bond acceptors (Lipinski definition) is 5. The molecule has 2 aromatic rings. The summed E-state index contributed by atoms with van der Waals surface area (Å²) in [6.45, 7) is 2.76. The lowest BCUT2D eigenvalue weighted by atomic mass is 10.3. The van der Waals surface area contributed by atoms with Gasteiger partial charge in [-0.1, -0.05) is 5.16 Å². The van der Waals surface area contributed by atoms with Crippen molar-refractivity contribution in [3.05, 3.63) is 41.1 Å². The molecule has 0 aliphatic rings. The largest absolute Gasteiger partial charge is 0.469 e. The Bertz CT molecular complexity index is 746. The molecule has 23 heavy (non-hydrogen) atoms. The minimum absolute atomic E-state index is 0.177. The monoisotopic (exact) mass is 330 g/mol. The van der Waals surface area contributed by atoms with E-state index in [1.165, 1.54) is 19.3 Å². The van der Waals surface area contributed by atoms with Gasteiger partial charge in [-0.2, -0.15) is 18.3 Å². The zero-order chi connectivity index (χ0) is 17.2. The van der Waals surface area contributed by atoms with E-state index >= 15 is 0 Å². The van der Waals surface area contributed by atoms with Crippen molar-refractivity contribution in [1.82, 2.24) is 9.78 Å². The Morgan fingerprint density at radius 1 is 1.48 bits per heavy atom. The number of carbonyl (C=O) groups excluding carboxylic acids is 1. The summed E-state index contributed by atoms with van der Waals surface area (Å²) in [6, 6.07) is 2.28. The van der Waals surface area contributed by atoms with Crippen LogP contribution >= 0.6 is 0 Å². The Kier molecular flexibility index (Phi) is 4.43. The molecule has 124 valence electrons. The number of alkyl halides is 3. The summed E-state index contributed by atoms with van der Waals surface area (Å²) in [5.74, 6) is -0.645. The number of furan rings is 1. The zero-order valence-corrected chi connectivity index (χ0v) is 12.2. The molecule has 2 aromatic heterocycles. The number of aromatic nitrogens is 2. The maximum Gasteiger partial charge on any atom is 0.435 e. The molecule has 10 heteroatoms. The Morgan fingerprint density at radius 3 is 2.70 bits per heavy atom. The molecule has 0 aliphatic heterocycles. The molecule has 0 saturated carbocycles. The molecule has 2 N–H and O–H groups in total. The summed E-state index contributed by atoms with van der Waals surface area (Å²) in [5.41, 5.74) is 4.93. The Morgan fingerprint density at radius 2 is 2.17 bits per heavy atom. The van der Waals surface area contributed by atoms with Crippen LogP contribution < -0.4 is 5.73 Å². The van der Waals surface area contributed by atoms with Crippen molar-refractivity contribution in [1.29, 1.82) is 0 Å². The van der Waals surface area contributed by atoms with Gasteiger partial charge in [0.15, 0.2) is 11.5 Å². The lowest BCUT2D eigenvalue weighted by molar-refractivity contribution is -0.141. The minimum Gasteiger partial charge on any atom is -0.469 e. The summed E-state index contributed by atoms with van der Waals surface area (Å²) in [6.07, 6.45) is -3.24. The van der Waals surface area contributed by atoms with Gasteiger partial charge in [0.25, 0.3) is 0 Å². The Labute approximate surface area is 128 Å². The van der Waals surface area contributed by atoms with Crippen LogP contribution in [0.1, 0.15) is 27.5 Å². The van der Waals surface area contributed by atoms with Gasteiger partial charge < -0.3 is 15.0 Å². The molecule has 0 radical (unpaired) electrons. The molecular weight excluding hydrogens is 317 g/mol. The highest BCUT2D eigenvalue weighted by Gasteiger charge is 2.34. The highest BCUT2D eigenvalue weighted by molar-refractivity contribution is 5.91. The number of nitrogens with zero attached hydrogens (tertiary/aromatic N) is 3. The lowest BCUT2D eigenvalue weighted by Crippen LogP contribution is -2.22. The van der Waals surface area contributed by atoms with E-state index in [0.29, 0.717) is 5.76 Å². The molecule has 7 nitrogen and oxygen atoms in total. The van der Waals surface area contributed by atoms with E-state index in [1.54, 1.807) is 6.92 Å². The van der Waals surface area contributed by atoms with E-state index in [4.69, 9.17) is 10.2 Å². The van der Waals surface area contributed by atoms with Gasteiger partial charge in [0.05, 0.1) is 6.26 Å². The molecule has 0 atom stereocenters. The Hall–Kier alpha value is -2.78. The highest BCUT2D eigenvalue weighted by atomic mass is 19.4. The third-order valence-corrected chi connectivity index (χ3v) is 2.91. The number of hydrogen-bond donors (Lipinski definition) is 1. The van der Waals surface area contributed by atoms with Crippen LogP contribution in [0.4, 0.5) is 13.2 Å². The van der Waals surface area contributed by atoms with Gasteiger partial charge >= 0.3 is 12.1 Å². The number of rotatable bonds is 4. The fourth-order valence-electron chi connectivity index (χ4n) is 1.74. The first-order valence-electron chi connectivity index (χ1n) is 6.38. The molecule has 0 aliphatic carbocycles. The van der Waals surface area contributed by atoms with E-state index in [2.05, 4.69) is 15.1 Å². The zero-order valence-electron chi connectivity index (χ0n) is 12.2. The first kappa shape index (κ1) is 16.6. The topological polar surface area (TPSA) is 95.6 Å². The normalized spacial score (nSPS) is 12.5. The highest BCUT2D eigenvalue weighted by Crippen LogP contribution is 2.28. The van der Waals surface area contributed by atoms with Crippen LogP contribution in [0.2, 0.25) is 0 Å². The van der Waals surface area contributed by atoms with Crippen molar-refractivity contribution in [2.45, 2.75) is 26.6 Å². The molecule has 2 heterocycles. The van der Waals surface area contributed by atoms with Crippen molar-refractivity contribution in [2.75, 3.05) is 0 Å². The van der Waals surface area contributed by atoms with Crippen molar-refractivity contribution in [3.63, 3.8) is 0 Å². The summed E-state index contributed by atoms with van der Waals surface area (Å²) in [7, 11) is 0. The van der Waals surface area contributed by atoms with Gasteiger partial charge in [0.2, 0.25) is 0 Å². The molecule has 0 saturated heterocycles. The molecule has 0 unspecified atom stereocenters. The third-order valence-electron chi connectivity index (χ3n) is 2.91. The molecular formula is C13H13F3N4O3. The maximum absolute atomic E-state index is 12.6. The molecule has 0 aromatic carbocycles. The van der Waals surface area contributed by atoms with Gasteiger partial charge in [-0.25, -0.2) is 4.79 Å². The first-order chi connectivity index (χ1) is 10.7. The maximum atomic E-state index is 12.6. The van der Waals surface area contributed by atoms with Crippen LogP contribution in [-0.2, 0) is 17.6 Å². The fraction of sp³-hybridized carbons (Fsp3) is 0.308. The van der Waals surface area contributed by atoms with Crippen LogP contribution in [0.15, 0.2) is 28.0 Å². The minimum atomic E-state index is -4.55. The van der Waals surface area contributed by atoms with Crippen LogP contribution in [-0.4, -0.2) is 21.6 Å². The second-order valence-corrected chi connectivity index (χ2v) is 4.68. The summed E-state index contributed by atoms with van der Waals surface area (Å²) < 4.78 is 43.6. The average Bonchev–Trinajstić information content (AvgIpc) is 3.02. The van der Waals surface area contributed by atoms with Gasteiger partial charge in [-0.3, -0.25) is 4.68 Å². The van der Waals surface area contributed by atoms with E-state index in [1.807, 2.05) is 0 Å².